The maximum atomic E-state index is 4.39. The molecule has 1 aliphatic rings. The van der Waals surface area contributed by atoms with Crippen molar-refractivity contribution in [3.8, 4) is 0 Å². The molecule has 0 radical (unpaired) electrons. The van der Waals surface area contributed by atoms with Gasteiger partial charge in [0, 0.05) is 23.7 Å². The summed E-state index contributed by atoms with van der Waals surface area (Å²) in [5.74, 6) is 0. The van der Waals surface area contributed by atoms with Gasteiger partial charge in [-0.2, -0.15) is 0 Å². The normalized spacial score (nSPS) is 20.9. The summed E-state index contributed by atoms with van der Waals surface area (Å²) >= 11 is 0. The number of aromatic nitrogens is 1. The highest BCUT2D eigenvalue weighted by Crippen LogP contribution is 2.34. The highest BCUT2D eigenvalue weighted by atomic mass is 15.2. The number of hydrogen-bond acceptors (Lipinski definition) is 2. The van der Waals surface area contributed by atoms with Gasteiger partial charge in [-0.05, 0) is 57.0 Å². The molecular formula is C16H20N2. The minimum Gasteiger partial charge on any atom is -0.294 e. The van der Waals surface area contributed by atoms with Crippen LogP contribution in [0.5, 0.6) is 0 Å². The Morgan fingerprint density at radius 2 is 2.17 bits per heavy atom. The topological polar surface area (TPSA) is 16.1 Å². The van der Waals surface area contributed by atoms with E-state index in [9.17, 15) is 0 Å². The number of benzene rings is 1. The molecule has 0 unspecified atom stereocenters. The lowest BCUT2D eigenvalue weighted by Gasteiger charge is -2.28. The molecule has 2 nitrogen and oxygen atoms in total. The SMILES string of the molecule is CC(C)N1CCC[C@H]1c1ccc2ncccc2c1. The van der Waals surface area contributed by atoms with Crippen LogP contribution in [0.25, 0.3) is 10.9 Å². The van der Waals surface area contributed by atoms with E-state index >= 15 is 0 Å². The van der Waals surface area contributed by atoms with Crippen molar-refractivity contribution < 1.29 is 0 Å². The Morgan fingerprint density at radius 1 is 1.28 bits per heavy atom. The van der Waals surface area contributed by atoms with Crippen LogP contribution in [0, 0.1) is 0 Å². The van der Waals surface area contributed by atoms with E-state index in [4.69, 9.17) is 0 Å². The predicted molar refractivity (Wildman–Crippen MR) is 75.6 cm³/mol. The third-order valence-electron chi connectivity index (χ3n) is 3.97. The lowest BCUT2D eigenvalue weighted by molar-refractivity contribution is 0.205. The molecule has 1 saturated heterocycles. The molecule has 0 amide bonds. The van der Waals surface area contributed by atoms with Crippen LogP contribution in [0.1, 0.15) is 38.3 Å². The van der Waals surface area contributed by atoms with E-state index in [1.807, 2.05) is 12.3 Å². The van der Waals surface area contributed by atoms with Gasteiger partial charge >= 0.3 is 0 Å². The molecule has 2 heteroatoms. The Balaban J connectivity index is 1.98. The Labute approximate surface area is 109 Å². The summed E-state index contributed by atoms with van der Waals surface area (Å²) in [6, 6.07) is 12.1. The van der Waals surface area contributed by atoms with Gasteiger partial charge in [0.05, 0.1) is 5.52 Å². The lowest BCUT2D eigenvalue weighted by atomic mass is 10.0. The molecule has 94 valence electrons. The fraction of sp³-hybridized carbons (Fsp3) is 0.438. The summed E-state index contributed by atoms with van der Waals surface area (Å²) in [5.41, 5.74) is 2.54. The quantitative estimate of drug-likeness (QED) is 0.794. The van der Waals surface area contributed by atoms with Gasteiger partial charge in [-0.15, -0.1) is 0 Å². The number of hydrogen-bond donors (Lipinski definition) is 0. The molecule has 3 rings (SSSR count). The van der Waals surface area contributed by atoms with Crippen LogP contribution in [0.4, 0.5) is 0 Å². The van der Waals surface area contributed by atoms with Gasteiger partial charge in [-0.25, -0.2) is 0 Å². The first kappa shape index (κ1) is 11.7. The highest BCUT2D eigenvalue weighted by Gasteiger charge is 2.27. The second kappa shape index (κ2) is 4.69. The molecule has 1 atom stereocenters. The third-order valence-corrected chi connectivity index (χ3v) is 3.97. The molecule has 0 bridgehead atoms. The molecular weight excluding hydrogens is 220 g/mol. The summed E-state index contributed by atoms with van der Waals surface area (Å²) in [4.78, 5) is 7.00. The number of likely N-dealkylation sites (tertiary alicyclic amines) is 1. The van der Waals surface area contributed by atoms with Crippen molar-refractivity contribution >= 4 is 10.9 Å². The van der Waals surface area contributed by atoms with Crippen molar-refractivity contribution in [2.24, 2.45) is 0 Å². The zero-order chi connectivity index (χ0) is 12.5. The third kappa shape index (κ3) is 2.01. The van der Waals surface area contributed by atoms with Gasteiger partial charge in [-0.1, -0.05) is 12.1 Å². The van der Waals surface area contributed by atoms with Gasteiger partial charge in [0.25, 0.3) is 0 Å². The second-order valence-corrected chi connectivity index (χ2v) is 5.45. The van der Waals surface area contributed by atoms with Crippen LogP contribution in [0.2, 0.25) is 0 Å². The molecule has 1 aromatic carbocycles. The summed E-state index contributed by atoms with van der Waals surface area (Å²) in [6.45, 7) is 5.81. The summed E-state index contributed by atoms with van der Waals surface area (Å²) in [7, 11) is 0. The molecule has 0 N–H and O–H groups in total. The molecule has 0 saturated carbocycles. The first-order valence-corrected chi connectivity index (χ1v) is 6.86. The van der Waals surface area contributed by atoms with E-state index in [1.165, 1.54) is 30.3 Å². The number of rotatable bonds is 2. The summed E-state index contributed by atoms with van der Waals surface area (Å²) in [5, 5.41) is 1.26. The Hall–Kier alpha value is -1.41. The minimum atomic E-state index is 0.592. The van der Waals surface area contributed by atoms with Gasteiger partial charge in [0.15, 0.2) is 0 Å². The number of pyridine rings is 1. The number of fused-ring (bicyclic) bond motifs is 1. The highest BCUT2D eigenvalue weighted by molar-refractivity contribution is 5.79. The molecule has 2 heterocycles. The lowest BCUT2D eigenvalue weighted by Crippen LogP contribution is -2.30. The van der Waals surface area contributed by atoms with Crippen molar-refractivity contribution in [3.63, 3.8) is 0 Å². The first-order chi connectivity index (χ1) is 8.75. The van der Waals surface area contributed by atoms with E-state index < -0.39 is 0 Å². The maximum absolute atomic E-state index is 4.39. The Kier molecular flexibility index (Phi) is 3.04. The number of nitrogens with zero attached hydrogens (tertiary/aromatic N) is 2. The van der Waals surface area contributed by atoms with Crippen molar-refractivity contribution in [2.75, 3.05) is 6.54 Å². The first-order valence-electron chi connectivity index (χ1n) is 6.86. The van der Waals surface area contributed by atoms with E-state index in [0.29, 0.717) is 12.1 Å². The molecule has 1 aromatic heterocycles. The van der Waals surface area contributed by atoms with Gasteiger partial charge in [-0.3, -0.25) is 9.88 Å². The van der Waals surface area contributed by atoms with Gasteiger partial charge in [0.1, 0.15) is 0 Å². The van der Waals surface area contributed by atoms with Gasteiger partial charge < -0.3 is 0 Å². The van der Waals surface area contributed by atoms with E-state index in [2.05, 4.69) is 48.0 Å². The smallest absolute Gasteiger partial charge is 0.0702 e. The monoisotopic (exact) mass is 240 g/mol. The molecule has 1 aliphatic heterocycles. The van der Waals surface area contributed by atoms with Crippen LogP contribution in [0.15, 0.2) is 36.5 Å². The van der Waals surface area contributed by atoms with Crippen LogP contribution in [0.3, 0.4) is 0 Å². The van der Waals surface area contributed by atoms with E-state index in [0.717, 1.165) is 5.52 Å². The van der Waals surface area contributed by atoms with Crippen LogP contribution in [-0.2, 0) is 0 Å². The maximum Gasteiger partial charge on any atom is 0.0702 e. The fourth-order valence-electron chi connectivity index (χ4n) is 3.07. The van der Waals surface area contributed by atoms with Crippen LogP contribution >= 0.6 is 0 Å². The molecule has 0 aliphatic carbocycles. The van der Waals surface area contributed by atoms with Crippen molar-refractivity contribution in [1.29, 1.82) is 0 Å². The predicted octanol–water partition coefficient (Wildman–Crippen LogP) is 3.78. The summed E-state index contributed by atoms with van der Waals surface area (Å²) in [6.07, 6.45) is 4.45. The van der Waals surface area contributed by atoms with Crippen LogP contribution in [-0.4, -0.2) is 22.5 Å². The second-order valence-electron chi connectivity index (χ2n) is 5.45. The van der Waals surface area contributed by atoms with Crippen molar-refractivity contribution in [1.82, 2.24) is 9.88 Å². The zero-order valence-corrected chi connectivity index (χ0v) is 11.1. The van der Waals surface area contributed by atoms with Crippen LogP contribution < -0.4 is 0 Å². The Bertz CT molecular complexity index is 548. The standard InChI is InChI=1S/C16H20N2/c1-12(2)18-10-4-6-16(18)14-7-8-15-13(11-14)5-3-9-17-15/h3,5,7-9,11-12,16H,4,6,10H2,1-2H3/t16-/m0/s1. The van der Waals surface area contributed by atoms with Crippen molar-refractivity contribution in [2.45, 2.75) is 38.8 Å². The van der Waals surface area contributed by atoms with Crippen molar-refractivity contribution in [3.05, 3.63) is 42.1 Å². The fourth-order valence-corrected chi connectivity index (χ4v) is 3.07. The zero-order valence-electron chi connectivity index (χ0n) is 11.1. The van der Waals surface area contributed by atoms with Gasteiger partial charge in [0.2, 0.25) is 0 Å². The molecule has 0 spiro atoms. The average Bonchev–Trinajstić information content (AvgIpc) is 2.87. The minimum absolute atomic E-state index is 0.592. The molecule has 18 heavy (non-hydrogen) atoms. The van der Waals surface area contributed by atoms with E-state index in [1.54, 1.807) is 0 Å². The largest absolute Gasteiger partial charge is 0.294 e. The average molecular weight is 240 g/mol. The Morgan fingerprint density at radius 3 is 3.00 bits per heavy atom. The summed E-state index contributed by atoms with van der Waals surface area (Å²) < 4.78 is 0. The molecule has 1 fully saturated rings. The molecule has 2 aromatic rings. The van der Waals surface area contributed by atoms with E-state index in [-0.39, 0.29) is 0 Å².